The zero-order chi connectivity index (χ0) is 15.9. The number of carbonyl (C=O) groups is 2. The van der Waals surface area contributed by atoms with Gasteiger partial charge in [0, 0.05) is 31.7 Å². The molecule has 0 fully saturated rings. The molecule has 1 aromatic carbocycles. The van der Waals surface area contributed by atoms with Crippen molar-refractivity contribution < 1.29 is 9.59 Å². The summed E-state index contributed by atoms with van der Waals surface area (Å²) in [6.07, 6.45) is 3.03. The highest BCUT2D eigenvalue weighted by Gasteiger charge is 2.17. The van der Waals surface area contributed by atoms with Crippen molar-refractivity contribution in [1.29, 1.82) is 0 Å². The third kappa shape index (κ3) is 4.07. The van der Waals surface area contributed by atoms with Crippen molar-refractivity contribution in [1.82, 2.24) is 9.47 Å². The van der Waals surface area contributed by atoms with Crippen LogP contribution in [-0.2, 0) is 17.9 Å². The number of nitrogens with zero attached hydrogens (tertiary/aromatic N) is 2. The first-order valence-electron chi connectivity index (χ1n) is 7.55. The van der Waals surface area contributed by atoms with Gasteiger partial charge in [0.2, 0.25) is 5.91 Å². The Morgan fingerprint density at radius 3 is 2.55 bits per heavy atom. The van der Waals surface area contributed by atoms with Crippen LogP contribution in [0.25, 0.3) is 0 Å². The Balaban J connectivity index is 1.99. The Morgan fingerprint density at radius 1 is 1.18 bits per heavy atom. The van der Waals surface area contributed by atoms with E-state index in [0.717, 1.165) is 11.8 Å². The van der Waals surface area contributed by atoms with Gasteiger partial charge in [0.05, 0.1) is 5.69 Å². The van der Waals surface area contributed by atoms with Gasteiger partial charge >= 0.3 is 0 Å². The predicted molar refractivity (Wildman–Crippen MR) is 86.6 cm³/mol. The maximum atomic E-state index is 12.5. The summed E-state index contributed by atoms with van der Waals surface area (Å²) in [7, 11) is 0. The highest BCUT2D eigenvalue weighted by atomic mass is 16.2. The molecule has 22 heavy (non-hydrogen) atoms. The van der Waals surface area contributed by atoms with Gasteiger partial charge in [-0.2, -0.15) is 0 Å². The van der Waals surface area contributed by atoms with E-state index in [2.05, 4.69) is 0 Å². The van der Waals surface area contributed by atoms with Gasteiger partial charge in [0.1, 0.15) is 0 Å². The van der Waals surface area contributed by atoms with E-state index >= 15 is 0 Å². The molecule has 116 valence electrons. The zero-order valence-corrected chi connectivity index (χ0v) is 13.1. The molecule has 0 aliphatic carbocycles. The number of aryl methyl sites for hydroxylation is 1. The van der Waals surface area contributed by atoms with Crippen molar-refractivity contribution in [2.45, 2.75) is 39.4 Å². The first-order valence-corrected chi connectivity index (χ1v) is 7.55. The van der Waals surface area contributed by atoms with E-state index in [4.69, 9.17) is 0 Å². The maximum absolute atomic E-state index is 12.5. The van der Waals surface area contributed by atoms with Crippen LogP contribution >= 0.6 is 0 Å². The molecular formula is C18H22N2O2. The highest BCUT2D eigenvalue weighted by Crippen LogP contribution is 2.11. The molecule has 0 aliphatic heterocycles. The van der Waals surface area contributed by atoms with E-state index in [-0.39, 0.29) is 11.9 Å². The molecule has 2 aromatic rings. The first kappa shape index (κ1) is 16.0. The summed E-state index contributed by atoms with van der Waals surface area (Å²) >= 11 is 0. The Kier molecular flexibility index (Phi) is 5.53. The van der Waals surface area contributed by atoms with E-state index < -0.39 is 0 Å². The van der Waals surface area contributed by atoms with Crippen LogP contribution < -0.4 is 0 Å². The SMILES string of the molecule is CC(C)N(Cc1ccccc1)C(=O)CCn1cccc1C=O. The third-order valence-electron chi connectivity index (χ3n) is 3.69. The van der Waals surface area contributed by atoms with Crippen LogP contribution in [-0.4, -0.2) is 27.7 Å². The van der Waals surface area contributed by atoms with Gasteiger partial charge in [-0.15, -0.1) is 0 Å². The summed E-state index contributed by atoms with van der Waals surface area (Å²) in [5.74, 6) is 0.101. The van der Waals surface area contributed by atoms with Gasteiger partial charge in [0.15, 0.2) is 6.29 Å². The molecule has 0 bridgehead atoms. The first-order chi connectivity index (χ1) is 10.6. The number of benzene rings is 1. The Morgan fingerprint density at radius 2 is 1.91 bits per heavy atom. The lowest BCUT2D eigenvalue weighted by molar-refractivity contribution is -0.133. The Labute approximate surface area is 131 Å². The highest BCUT2D eigenvalue weighted by molar-refractivity contribution is 5.77. The average Bonchev–Trinajstić information content (AvgIpc) is 2.98. The van der Waals surface area contributed by atoms with Crippen molar-refractivity contribution in [3.05, 3.63) is 59.9 Å². The number of carbonyl (C=O) groups excluding carboxylic acids is 2. The lowest BCUT2D eigenvalue weighted by Gasteiger charge is -2.27. The van der Waals surface area contributed by atoms with Crippen molar-refractivity contribution in [3.63, 3.8) is 0 Å². The molecule has 0 radical (unpaired) electrons. The third-order valence-corrected chi connectivity index (χ3v) is 3.69. The van der Waals surface area contributed by atoms with Crippen LogP contribution in [0.3, 0.4) is 0 Å². The van der Waals surface area contributed by atoms with Crippen LogP contribution in [0.2, 0.25) is 0 Å². The van der Waals surface area contributed by atoms with Gasteiger partial charge in [-0.25, -0.2) is 0 Å². The second-order valence-corrected chi connectivity index (χ2v) is 5.60. The van der Waals surface area contributed by atoms with Crippen molar-refractivity contribution in [2.24, 2.45) is 0 Å². The molecule has 1 aromatic heterocycles. The molecule has 0 atom stereocenters. The molecule has 4 heteroatoms. The minimum absolute atomic E-state index is 0.101. The summed E-state index contributed by atoms with van der Waals surface area (Å²) < 4.78 is 1.81. The zero-order valence-electron chi connectivity index (χ0n) is 13.1. The molecule has 2 rings (SSSR count). The number of amides is 1. The van der Waals surface area contributed by atoms with Crippen molar-refractivity contribution in [3.8, 4) is 0 Å². The molecule has 0 saturated heterocycles. The molecule has 0 unspecified atom stereocenters. The van der Waals surface area contributed by atoms with Crippen LogP contribution in [0.4, 0.5) is 0 Å². The summed E-state index contributed by atoms with van der Waals surface area (Å²) in [4.78, 5) is 25.3. The number of hydrogen-bond acceptors (Lipinski definition) is 2. The fourth-order valence-corrected chi connectivity index (χ4v) is 2.44. The van der Waals surface area contributed by atoms with E-state index in [9.17, 15) is 9.59 Å². The summed E-state index contributed by atoms with van der Waals surface area (Å²) in [6.45, 7) is 5.18. The minimum Gasteiger partial charge on any atom is -0.345 e. The molecule has 1 amide bonds. The molecular weight excluding hydrogens is 276 g/mol. The second kappa shape index (κ2) is 7.59. The Bertz CT molecular complexity index is 617. The summed E-state index contributed by atoms with van der Waals surface area (Å²) in [6, 6.07) is 13.7. The van der Waals surface area contributed by atoms with E-state index in [1.165, 1.54) is 0 Å². The minimum atomic E-state index is 0.101. The monoisotopic (exact) mass is 298 g/mol. The fourth-order valence-electron chi connectivity index (χ4n) is 2.44. The van der Waals surface area contributed by atoms with Gasteiger partial charge < -0.3 is 9.47 Å². The normalized spacial score (nSPS) is 10.7. The number of aromatic nitrogens is 1. The lowest BCUT2D eigenvalue weighted by atomic mass is 10.1. The molecule has 0 saturated carbocycles. The molecule has 0 aliphatic rings. The van der Waals surface area contributed by atoms with E-state index in [1.54, 1.807) is 6.07 Å². The van der Waals surface area contributed by atoms with Gasteiger partial charge in [-0.05, 0) is 31.5 Å². The van der Waals surface area contributed by atoms with Crippen molar-refractivity contribution in [2.75, 3.05) is 0 Å². The molecule has 4 nitrogen and oxygen atoms in total. The number of rotatable bonds is 7. The standard InChI is InChI=1S/C18H22N2O2/c1-15(2)20(13-16-7-4-3-5-8-16)18(22)10-12-19-11-6-9-17(19)14-21/h3-9,11,14-15H,10,12-13H2,1-2H3. The average molecular weight is 298 g/mol. The maximum Gasteiger partial charge on any atom is 0.224 e. The molecule has 1 heterocycles. The van der Waals surface area contributed by atoms with Gasteiger partial charge in [0.25, 0.3) is 0 Å². The van der Waals surface area contributed by atoms with Crippen molar-refractivity contribution >= 4 is 12.2 Å². The molecule has 0 spiro atoms. The fraction of sp³-hybridized carbons (Fsp3) is 0.333. The number of aldehydes is 1. The Hall–Kier alpha value is -2.36. The smallest absolute Gasteiger partial charge is 0.224 e. The second-order valence-electron chi connectivity index (χ2n) is 5.60. The summed E-state index contributed by atoms with van der Waals surface area (Å²) in [5, 5.41) is 0. The van der Waals surface area contributed by atoms with Gasteiger partial charge in [-0.1, -0.05) is 30.3 Å². The van der Waals surface area contributed by atoms with Crippen LogP contribution in [0.5, 0.6) is 0 Å². The van der Waals surface area contributed by atoms with E-state index in [1.807, 2.05) is 65.9 Å². The predicted octanol–water partition coefficient (Wildman–Crippen LogP) is 3.13. The number of hydrogen-bond donors (Lipinski definition) is 0. The van der Waals surface area contributed by atoms with Crippen LogP contribution in [0, 0.1) is 0 Å². The van der Waals surface area contributed by atoms with E-state index in [0.29, 0.717) is 25.2 Å². The van der Waals surface area contributed by atoms with Crippen LogP contribution in [0.15, 0.2) is 48.7 Å². The molecule has 0 N–H and O–H groups in total. The largest absolute Gasteiger partial charge is 0.345 e. The topological polar surface area (TPSA) is 42.3 Å². The quantitative estimate of drug-likeness (QED) is 0.737. The summed E-state index contributed by atoms with van der Waals surface area (Å²) in [5.41, 5.74) is 1.73. The lowest BCUT2D eigenvalue weighted by Crippen LogP contribution is -2.36. The van der Waals surface area contributed by atoms with Crippen LogP contribution in [0.1, 0.15) is 36.3 Å². The van der Waals surface area contributed by atoms with Gasteiger partial charge in [-0.3, -0.25) is 9.59 Å².